The highest BCUT2D eigenvalue weighted by molar-refractivity contribution is 7.48. The fourth-order valence-corrected chi connectivity index (χ4v) is 5.47. The van der Waals surface area contributed by atoms with Crippen molar-refractivity contribution >= 4 is 13.9 Å². The van der Waals surface area contributed by atoms with Gasteiger partial charge in [-0.1, -0.05) is 65.2 Å². The van der Waals surface area contributed by atoms with E-state index in [0.717, 1.165) is 31.7 Å². The lowest BCUT2D eigenvalue weighted by molar-refractivity contribution is 0.0499. The summed E-state index contributed by atoms with van der Waals surface area (Å²) in [6.07, 6.45) is 2.15. The van der Waals surface area contributed by atoms with Crippen LogP contribution in [-0.4, -0.2) is 20.4 Å². The van der Waals surface area contributed by atoms with E-state index < -0.39 is 0 Å². The predicted molar refractivity (Wildman–Crippen MR) is 122 cm³/mol. The first-order chi connectivity index (χ1) is 13.5. The molecule has 2 rings (SSSR count). The maximum atomic E-state index is 5.98. The summed E-state index contributed by atoms with van der Waals surface area (Å²) in [5.41, 5.74) is 5.38. The highest BCUT2D eigenvalue weighted by Crippen LogP contribution is 2.51. The van der Waals surface area contributed by atoms with Crippen molar-refractivity contribution in [1.82, 2.24) is 5.32 Å². The normalized spacial score (nSPS) is 12.1. The molecule has 0 spiro atoms. The molecule has 4 heteroatoms. The molecule has 0 heterocycles. The number of hydrogen-bond donors (Lipinski definition) is 1. The third-order valence-electron chi connectivity index (χ3n) is 5.48. The van der Waals surface area contributed by atoms with Gasteiger partial charge in [0.05, 0.1) is 0 Å². The minimum absolute atomic E-state index is 0.0577. The average Bonchev–Trinajstić information content (AvgIpc) is 2.71. The van der Waals surface area contributed by atoms with Gasteiger partial charge >= 0.3 is 0 Å². The number of benzene rings is 2. The maximum Gasteiger partial charge on any atom is 0.188 e. The molecule has 0 aliphatic rings. The molecule has 0 saturated heterocycles. The highest BCUT2D eigenvalue weighted by atomic mass is 31.1. The molecule has 0 aliphatic heterocycles. The molecule has 0 radical (unpaired) electrons. The Morgan fingerprint density at radius 3 is 2.43 bits per heavy atom. The fraction of sp³-hybridized carbons (Fsp3) is 0.500. The van der Waals surface area contributed by atoms with E-state index in [1.165, 1.54) is 27.6 Å². The summed E-state index contributed by atoms with van der Waals surface area (Å²) in [7, 11) is 2.36. The van der Waals surface area contributed by atoms with Crippen molar-refractivity contribution in [1.29, 1.82) is 0 Å². The van der Waals surface area contributed by atoms with E-state index in [1.807, 2.05) is 0 Å². The topological polar surface area (TPSA) is 30.5 Å². The van der Waals surface area contributed by atoms with Crippen molar-refractivity contribution < 1.29 is 9.47 Å². The van der Waals surface area contributed by atoms with Gasteiger partial charge in [0.15, 0.2) is 6.79 Å². The minimum Gasteiger partial charge on any atom is -0.467 e. The molecule has 3 nitrogen and oxygen atoms in total. The molecule has 1 N–H and O–H groups in total. The van der Waals surface area contributed by atoms with Crippen LogP contribution in [0.15, 0.2) is 36.4 Å². The summed E-state index contributed by atoms with van der Waals surface area (Å²) in [6, 6.07) is 13.2. The second-order valence-corrected chi connectivity index (χ2v) is 9.06. The molecule has 0 bridgehead atoms. The Labute approximate surface area is 173 Å². The molecular weight excluding hydrogens is 365 g/mol. The lowest BCUT2D eigenvalue weighted by Crippen LogP contribution is -2.26. The van der Waals surface area contributed by atoms with Gasteiger partial charge in [-0.3, -0.25) is 0 Å². The number of hydrogen-bond acceptors (Lipinski definition) is 3. The van der Waals surface area contributed by atoms with E-state index in [2.05, 4.69) is 76.3 Å². The van der Waals surface area contributed by atoms with E-state index >= 15 is 0 Å². The Morgan fingerprint density at radius 1 is 1.04 bits per heavy atom. The van der Waals surface area contributed by atoms with E-state index in [4.69, 9.17) is 9.47 Å². The third kappa shape index (κ3) is 5.35. The number of aryl methyl sites for hydroxylation is 2. The number of methoxy groups -OCH3 is 1. The second kappa shape index (κ2) is 11.0. The average molecular weight is 402 g/mol. The van der Waals surface area contributed by atoms with Crippen LogP contribution >= 0.6 is 8.58 Å². The summed E-state index contributed by atoms with van der Waals surface area (Å²) < 4.78 is 11.2. The molecule has 0 aliphatic carbocycles. The summed E-state index contributed by atoms with van der Waals surface area (Å²) in [5, 5.41) is 5.06. The second-order valence-electron chi connectivity index (χ2n) is 7.35. The molecular formula is C24H36NO2P. The Kier molecular flexibility index (Phi) is 8.95. The Morgan fingerprint density at radius 2 is 1.79 bits per heavy atom. The smallest absolute Gasteiger partial charge is 0.188 e. The molecule has 154 valence electrons. The molecule has 28 heavy (non-hydrogen) atoms. The van der Waals surface area contributed by atoms with Crippen molar-refractivity contribution in [2.45, 2.75) is 59.2 Å². The molecule has 1 atom stereocenters. The predicted octanol–water partition coefficient (Wildman–Crippen LogP) is 5.41. The molecule has 2 aromatic carbocycles. The Hall–Kier alpha value is -1.41. The van der Waals surface area contributed by atoms with Gasteiger partial charge in [0, 0.05) is 24.4 Å². The summed E-state index contributed by atoms with van der Waals surface area (Å²) in [6.45, 7) is 13.4. The number of ether oxygens (including phenoxy) is 2. The van der Waals surface area contributed by atoms with Crippen molar-refractivity contribution in [3.63, 3.8) is 0 Å². The van der Waals surface area contributed by atoms with Gasteiger partial charge in [-0.25, -0.2) is 0 Å². The van der Waals surface area contributed by atoms with E-state index in [1.54, 1.807) is 7.11 Å². The van der Waals surface area contributed by atoms with Crippen LogP contribution in [0, 0.1) is 13.8 Å². The first-order valence-corrected chi connectivity index (χ1v) is 11.3. The van der Waals surface area contributed by atoms with Crippen LogP contribution in [0.1, 0.15) is 55.9 Å². The van der Waals surface area contributed by atoms with Crippen LogP contribution in [-0.2, 0) is 16.4 Å². The molecule has 0 amide bonds. The van der Waals surface area contributed by atoms with E-state index in [0.29, 0.717) is 8.58 Å². The molecule has 2 aromatic rings. The first kappa shape index (κ1) is 22.9. The van der Waals surface area contributed by atoms with Crippen molar-refractivity contribution in [3.8, 4) is 5.75 Å². The zero-order valence-corrected chi connectivity index (χ0v) is 19.3. The van der Waals surface area contributed by atoms with Crippen molar-refractivity contribution in [2.24, 2.45) is 0 Å². The molecule has 0 fully saturated rings. The Balaban J connectivity index is 2.53. The summed E-state index contributed by atoms with van der Waals surface area (Å²) >= 11 is 0. The van der Waals surface area contributed by atoms with Crippen LogP contribution in [0.4, 0.5) is 0 Å². The lowest BCUT2D eigenvalue weighted by atomic mass is 9.90. The van der Waals surface area contributed by atoms with Crippen LogP contribution in [0.3, 0.4) is 0 Å². The van der Waals surface area contributed by atoms with E-state index in [-0.39, 0.29) is 11.9 Å². The van der Waals surface area contributed by atoms with Crippen molar-refractivity contribution in [3.05, 3.63) is 58.7 Å². The first-order valence-electron chi connectivity index (χ1n) is 10.3. The van der Waals surface area contributed by atoms with Crippen LogP contribution < -0.4 is 15.4 Å². The monoisotopic (exact) mass is 401 g/mol. The number of nitrogens with one attached hydrogen (secondary N) is 1. The maximum absolute atomic E-state index is 5.98. The van der Waals surface area contributed by atoms with Gasteiger partial charge in [0.25, 0.3) is 0 Å². The summed E-state index contributed by atoms with van der Waals surface area (Å²) in [5.74, 6) is 0.950. The van der Waals surface area contributed by atoms with Gasteiger partial charge in [-0.15, -0.1) is 0 Å². The fourth-order valence-electron chi connectivity index (χ4n) is 3.69. The highest BCUT2D eigenvalue weighted by Gasteiger charge is 2.33. The number of rotatable bonds is 11. The molecule has 0 aromatic heterocycles. The zero-order chi connectivity index (χ0) is 20.6. The van der Waals surface area contributed by atoms with E-state index in [9.17, 15) is 0 Å². The Bertz CT molecular complexity index is 756. The van der Waals surface area contributed by atoms with Gasteiger partial charge in [0.1, 0.15) is 5.75 Å². The third-order valence-corrected chi connectivity index (χ3v) is 7.90. The molecule has 1 unspecified atom stereocenters. The van der Waals surface area contributed by atoms with Gasteiger partial charge < -0.3 is 14.8 Å². The van der Waals surface area contributed by atoms with Gasteiger partial charge in [-0.05, 0) is 55.7 Å². The zero-order valence-electron chi connectivity index (χ0n) is 18.3. The van der Waals surface area contributed by atoms with Crippen molar-refractivity contribution in [2.75, 3.05) is 20.4 Å². The SMILES string of the molecule is CCNCc1cccc(C)c1PC(CC)(CC)c1cc(C)ccc1OCOC. The minimum atomic E-state index is 0.0577. The standard InChI is InChI=1S/C24H36NO2P/c1-7-24(8-2,21-15-18(4)13-14-22(21)27-17-26-6)28-23-19(5)11-10-12-20(23)16-25-9-3/h10-15,25,28H,7-9,16-17H2,1-6H3. The van der Waals surface area contributed by atoms with Crippen LogP contribution in [0.25, 0.3) is 0 Å². The molecule has 0 saturated carbocycles. The largest absolute Gasteiger partial charge is 0.467 e. The van der Waals surface area contributed by atoms with Gasteiger partial charge in [-0.2, -0.15) is 0 Å². The summed E-state index contributed by atoms with van der Waals surface area (Å²) in [4.78, 5) is 0. The van der Waals surface area contributed by atoms with Crippen LogP contribution in [0.2, 0.25) is 0 Å². The van der Waals surface area contributed by atoms with Gasteiger partial charge in [0.2, 0.25) is 0 Å². The van der Waals surface area contributed by atoms with Crippen LogP contribution in [0.5, 0.6) is 5.75 Å². The lowest BCUT2D eigenvalue weighted by Gasteiger charge is -2.35. The quantitative estimate of drug-likeness (QED) is 0.403.